The lowest BCUT2D eigenvalue weighted by Crippen LogP contribution is -2.29. The van der Waals surface area contributed by atoms with Gasteiger partial charge in [-0.1, -0.05) is 126 Å². The van der Waals surface area contributed by atoms with Gasteiger partial charge in [-0.25, -0.2) is 0 Å². The summed E-state index contributed by atoms with van der Waals surface area (Å²) in [6, 6.07) is 34.8. The third-order valence-electron chi connectivity index (χ3n) is 14.9. The van der Waals surface area contributed by atoms with Gasteiger partial charge in [-0.15, -0.1) is 59.2 Å². The number of hydrogen-bond acceptors (Lipinski definition) is 4. The second-order valence-electron chi connectivity index (χ2n) is 20.1. The summed E-state index contributed by atoms with van der Waals surface area (Å²) in [4.78, 5) is 0. The van der Waals surface area contributed by atoms with Crippen LogP contribution in [-0.2, 0) is 21.7 Å². The number of rotatable bonds is 43. The lowest BCUT2D eigenvalue weighted by atomic mass is 9.70. The SMILES string of the molecule is C=CCC(CC=C)(CC=C)c1ccc(OCCCC(CCCOc2ccc(C(CC=C)(CC=C)CC=C)cc2)(CCCOc2ccc(C(CC=C)(CC=C)CC=C)cc2)c2ccc(OCCCCCI)cc2)cc1. The van der Waals surface area contributed by atoms with Gasteiger partial charge >= 0.3 is 0 Å². The van der Waals surface area contributed by atoms with Crippen molar-refractivity contribution in [3.05, 3.63) is 233 Å². The Morgan fingerprint density at radius 2 is 0.500 bits per heavy atom. The number of alkyl halides is 1. The standard InChI is InChI=1S/C69H89IO4/c1-10-41-66(42-11-2,43-12-3)58-25-33-63(34-26-58)72-55-22-50-69(61-31-39-62(40-32-61)71-54-21-19-20-53-70,51-23-56-73-64-35-27-59(28-36-64)67(44-13-4,45-14-5)46-15-6)52-24-57-74-65-37-29-60(30-38-65)68(47-16-7,48-17-8)49-18-9/h10-18,25-40H,1-9,19-24,41-57H2. The third kappa shape index (κ3) is 18.1. The molecule has 0 amide bonds. The fourth-order valence-electron chi connectivity index (χ4n) is 11.1. The van der Waals surface area contributed by atoms with Gasteiger partial charge in [0.1, 0.15) is 23.0 Å². The third-order valence-corrected chi connectivity index (χ3v) is 15.7. The Kier molecular flexibility index (Phi) is 27.5. The lowest BCUT2D eigenvalue weighted by Gasteiger charge is -2.35. The molecule has 396 valence electrons. The van der Waals surface area contributed by atoms with Crippen LogP contribution < -0.4 is 18.9 Å². The van der Waals surface area contributed by atoms with E-state index in [1.807, 2.05) is 54.7 Å². The van der Waals surface area contributed by atoms with Crippen molar-refractivity contribution in [2.24, 2.45) is 0 Å². The van der Waals surface area contributed by atoms with Crippen molar-refractivity contribution in [3.8, 4) is 23.0 Å². The molecule has 4 nitrogen and oxygen atoms in total. The van der Waals surface area contributed by atoms with E-state index in [1.54, 1.807) is 0 Å². The summed E-state index contributed by atoms with van der Waals surface area (Å²) in [5.74, 6) is 3.52. The van der Waals surface area contributed by atoms with Crippen LogP contribution in [0.2, 0.25) is 0 Å². The number of unbranched alkanes of at least 4 members (excludes halogenated alkanes) is 2. The van der Waals surface area contributed by atoms with E-state index in [0.29, 0.717) is 19.8 Å². The van der Waals surface area contributed by atoms with Crippen LogP contribution in [0.15, 0.2) is 211 Å². The van der Waals surface area contributed by atoms with Gasteiger partial charge in [0, 0.05) is 16.2 Å². The largest absolute Gasteiger partial charge is 0.494 e. The predicted molar refractivity (Wildman–Crippen MR) is 328 cm³/mol. The van der Waals surface area contributed by atoms with E-state index in [2.05, 4.69) is 179 Å². The Morgan fingerprint density at radius 3 is 0.716 bits per heavy atom. The maximum absolute atomic E-state index is 6.54. The highest BCUT2D eigenvalue weighted by Crippen LogP contribution is 2.42. The first-order valence-corrected chi connectivity index (χ1v) is 28.6. The molecule has 0 atom stereocenters. The number of halogens is 1. The molecule has 0 saturated heterocycles. The zero-order chi connectivity index (χ0) is 53.4. The van der Waals surface area contributed by atoms with Crippen molar-refractivity contribution in [1.29, 1.82) is 0 Å². The van der Waals surface area contributed by atoms with Crippen LogP contribution in [0.5, 0.6) is 23.0 Å². The van der Waals surface area contributed by atoms with Crippen LogP contribution >= 0.6 is 22.6 Å². The Hall–Kier alpha value is -5.53. The zero-order valence-electron chi connectivity index (χ0n) is 45.1. The van der Waals surface area contributed by atoms with Gasteiger partial charge in [0.2, 0.25) is 0 Å². The minimum absolute atomic E-state index is 0.110. The normalized spacial score (nSPS) is 11.7. The highest BCUT2D eigenvalue weighted by molar-refractivity contribution is 14.1. The molecule has 0 radical (unpaired) electrons. The van der Waals surface area contributed by atoms with E-state index in [-0.39, 0.29) is 21.7 Å². The van der Waals surface area contributed by atoms with E-state index in [4.69, 9.17) is 18.9 Å². The van der Waals surface area contributed by atoms with E-state index >= 15 is 0 Å². The molecule has 0 fully saturated rings. The topological polar surface area (TPSA) is 36.9 Å². The molecule has 4 aromatic rings. The maximum atomic E-state index is 6.54. The lowest BCUT2D eigenvalue weighted by molar-refractivity contribution is 0.220. The fraction of sp³-hybridized carbons (Fsp3) is 0.391. The van der Waals surface area contributed by atoms with Gasteiger partial charge in [-0.05, 0) is 196 Å². The van der Waals surface area contributed by atoms with Crippen LogP contribution in [0, 0.1) is 0 Å². The summed E-state index contributed by atoms with van der Waals surface area (Å²) < 4.78 is 27.1. The smallest absolute Gasteiger partial charge is 0.119 e. The Morgan fingerprint density at radius 1 is 0.284 bits per heavy atom. The van der Waals surface area contributed by atoms with Gasteiger partial charge in [-0.3, -0.25) is 0 Å². The van der Waals surface area contributed by atoms with Crippen LogP contribution in [0.3, 0.4) is 0 Å². The predicted octanol–water partition coefficient (Wildman–Crippen LogP) is 19.4. The molecular weight excluding hydrogens is 1020 g/mol. The molecule has 0 saturated carbocycles. The molecule has 0 aromatic heterocycles. The Labute approximate surface area is 463 Å². The molecule has 0 unspecified atom stereocenters. The Bertz CT molecular complexity index is 2010. The molecule has 0 aliphatic carbocycles. The van der Waals surface area contributed by atoms with Gasteiger partial charge in [0.25, 0.3) is 0 Å². The first-order valence-electron chi connectivity index (χ1n) is 27.1. The minimum atomic E-state index is -0.175. The molecule has 0 bridgehead atoms. The van der Waals surface area contributed by atoms with Crippen LogP contribution in [-0.4, -0.2) is 30.9 Å². The van der Waals surface area contributed by atoms with Gasteiger partial charge in [0.05, 0.1) is 26.4 Å². The summed E-state index contributed by atoms with van der Waals surface area (Å²) in [5.41, 5.74) is 4.54. The van der Waals surface area contributed by atoms with E-state index in [0.717, 1.165) is 132 Å². The molecule has 4 rings (SSSR count). The van der Waals surface area contributed by atoms with E-state index in [1.165, 1.54) is 39.5 Å². The quantitative estimate of drug-likeness (QED) is 0.0192. The van der Waals surface area contributed by atoms with Crippen LogP contribution in [0.1, 0.15) is 138 Å². The highest BCUT2D eigenvalue weighted by Gasteiger charge is 2.33. The molecular formula is C69H89IO4. The summed E-state index contributed by atoms with van der Waals surface area (Å²) >= 11 is 2.45. The summed E-state index contributed by atoms with van der Waals surface area (Å²) in [6.07, 6.45) is 34.5. The second kappa shape index (κ2) is 33.4. The van der Waals surface area contributed by atoms with Crippen LogP contribution in [0.25, 0.3) is 0 Å². The molecule has 5 heteroatoms. The average molecular weight is 1110 g/mol. The molecule has 0 heterocycles. The monoisotopic (exact) mass is 1110 g/mol. The first kappa shape index (κ1) is 61.0. The zero-order valence-corrected chi connectivity index (χ0v) is 47.2. The fourth-order valence-corrected chi connectivity index (χ4v) is 11.6. The van der Waals surface area contributed by atoms with Crippen molar-refractivity contribution < 1.29 is 18.9 Å². The number of benzene rings is 4. The number of ether oxygens (including phenoxy) is 4. The van der Waals surface area contributed by atoms with Crippen molar-refractivity contribution in [1.82, 2.24) is 0 Å². The summed E-state index contributed by atoms with van der Waals surface area (Å²) in [7, 11) is 0. The van der Waals surface area contributed by atoms with Crippen molar-refractivity contribution in [2.75, 3.05) is 30.9 Å². The van der Waals surface area contributed by atoms with Crippen molar-refractivity contribution >= 4 is 22.6 Å². The first-order chi connectivity index (χ1) is 36.1. The molecule has 0 aliphatic rings. The summed E-state index contributed by atoms with van der Waals surface area (Å²) in [6.45, 7) is 39.1. The maximum Gasteiger partial charge on any atom is 0.119 e. The van der Waals surface area contributed by atoms with Gasteiger partial charge in [-0.2, -0.15) is 0 Å². The molecule has 74 heavy (non-hydrogen) atoms. The minimum Gasteiger partial charge on any atom is -0.494 e. The highest BCUT2D eigenvalue weighted by atomic mass is 127. The number of hydrogen-bond donors (Lipinski definition) is 0. The number of allylic oxidation sites excluding steroid dienone is 9. The van der Waals surface area contributed by atoms with E-state index in [9.17, 15) is 0 Å². The Balaban J connectivity index is 1.61. The second-order valence-corrected chi connectivity index (χ2v) is 21.2. The van der Waals surface area contributed by atoms with Crippen molar-refractivity contribution in [2.45, 2.75) is 137 Å². The van der Waals surface area contributed by atoms with E-state index < -0.39 is 0 Å². The van der Waals surface area contributed by atoms with Gasteiger partial charge in [0.15, 0.2) is 0 Å². The molecule has 0 N–H and O–H groups in total. The molecule has 0 spiro atoms. The molecule has 0 aliphatic heterocycles. The van der Waals surface area contributed by atoms with Crippen molar-refractivity contribution in [3.63, 3.8) is 0 Å². The van der Waals surface area contributed by atoms with Gasteiger partial charge < -0.3 is 18.9 Å². The summed E-state index contributed by atoms with van der Waals surface area (Å²) in [5, 5.41) is 0. The average Bonchev–Trinajstić information content (AvgIpc) is 3.41. The molecule has 4 aromatic carbocycles. The van der Waals surface area contributed by atoms with Crippen LogP contribution in [0.4, 0.5) is 0 Å².